The smallest absolute Gasteiger partial charge is 0.329 e. The van der Waals surface area contributed by atoms with Gasteiger partial charge in [-0.15, -0.1) is 5.10 Å². The number of cyclic esters (lactones) is 1. The lowest BCUT2D eigenvalue weighted by Crippen LogP contribution is -2.63. The molecule has 1 aromatic heterocycles. The number of hydrogen-bond acceptors (Lipinski definition) is 20. The van der Waals surface area contributed by atoms with Gasteiger partial charge in [-0.1, -0.05) is 50.3 Å². The molecule has 3 unspecified atom stereocenters. The van der Waals surface area contributed by atoms with Gasteiger partial charge in [-0.05, 0) is 99.1 Å². The number of allylic oxidation sites excluding steroid dienone is 5. The van der Waals surface area contributed by atoms with Crippen molar-refractivity contribution in [3.8, 4) is 0 Å². The number of nitrogens with zero attached hydrogens (tertiary/aromatic N) is 5. The molecule has 396 valence electrons. The maximum Gasteiger partial charge on any atom is 0.329 e. The lowest BCUT2D eigenvalue weighted by atomic mass is 9.80. The minimum Gasteiger partial charge on any atom is -0.458 e. The Bertz CT molecular complexity index is 2100. The number of fused-ring (bicyclic) bond motifs is 3. The van der Waals surface area contributed by atoms with Crippen molar-refractivity contribution in [2.75, 3.05) is 27.4 Å². The highest BCUT2D eigenvalue weighted by atomic mass is 17.1. The molecule has 7 N–H and O–H groups in total. The molecule has 4 aliphatic rings. The Morgan fingerprint density at radius 2 is 1.69 bits per heavy atom. The molecule has 22 nitrogen and oxygen atoms in total. The quantitative estimate of drug-likeness (QED) is 0.0640. The minimum atomic E-state index is -2.82. The molecule has 4 heterocycles. The van der Waals surface area contributed by atoms with E-state index in [1.165, 1.54) is 64.2 Å². The third kappa shape index (κ3) is 14.4. The standard InChI is InChI=1S/C49H73N5O17/c1-28-12-8-7-9-13-34(56)23-33(26-55)43(60)44(68-6)42(59)30(3)20-29(2)37(57)24-40(38(58)21-32-15-16-35(39(22-32)70-66)54-27-50-51-52-54)69-47(63)36-14-10-11-19-53(36)46(62)45(61)49(65)31(4)17-18-48(64,71-49)25-41(28)67-5/h7-9,12-13,20,27,29,31-36,38-42,44,55-56,58-59,64-66H,10-11,14-19,21-26H2,1-6H3/b8-7+,13-9+,28-12+,30-20+/t29-,31-,32+,33+,34-,35?,36?,38-,39-,40+,41+,42-,44?,48+,49-/m1/s1. The molecule has 0 radical (unpaired) electrons. The van der Waals surface area contributed by atoms with Crippen molar-refractivity contribution in [1.29, 1.82) is 0 Å². The molecule has 1 aliphatic carbocycles. The number of ether oxygens (including phenoxy) is 4. The second-order valence-corrected chi connectivity index (χ2v) is 19.6. The highest BCUT2D eigenvalue weighted by Crippen LogP contribution is 2.42. The predicted octanol–water partition coefficient (Wildman–Crippen LogP) is 1.63. The number of amides is 1. The molecule has 3 aliphatic heterocycles. The van der Waals surface area contributed by atoms with E-state index in [0.29, 0.717) is 31.3 Å². The zero-order valence-corrected chi connectivity index (χ0v) is 41.4. The number of esters is 1. The molecule has 15 atom stereocenters. The molecule has 3 fully saturated rings. The summed E-state index contributed by atoms with van der Waals surface area (Å²) in [5, 5.41) is 89.1. The van der Waals surface area contributed by atoms with Gasteiger partial charge in [0.1, 0.15) is 42.6 Å². The fourth-order valence-corrected chi connectivity index (χ4v) is 10.1. The number of carbonyl (C=O) groups excluding carboxylic acids is 5. The van der Waals surface area contributed by atoms with Gasteiger partial charge in [0.25, 0.3) is 11.7 Å². The van der Waals surface area contributed by atoms with Crippen LogP contribution >= 0.6 is 0 Å². The number of hydrogen-bond donors (Lipinski definition) is 7. The van der Waals surface area contributed by atoms with E-state index >= 15 is 0 Å². The highest BCUT2D eigenvalue weighted by Gasteiger charge is 2.57. The number of carbonyl (C=O) groups is 5. The number of aromatic nitrogens is 4. The maximum atomic E-state index is 14.4. The maximum absolute atomic E-state index is 14.4. The molecular formula is C49H73N5O17. The Morgan fingerprint density at radius 3 is 2.35 bits per heavy atom. The van der Waals surface area contributed by atoms with Crippen LogP contribution in [0.25, 0.3) is 0 Å². The summed E-state index contributed by atoms with van der Waals surface area (Å²) in [7, 11) is 2.59. The second kappa shape index (κ2) is 26.0. The van der Waals surface area contributed by atoms with Crippen LogP contribution in [0.1, 0.15) is 111 Å². The first-order chi connectivity index (χ1) is 33.7. The Kier molecular flexibility index (Phi) is 21.0. The summed E-state index contributed by atoms with van der Waals surface area (Å²) in [6.45, 7) is 5.42. The van der Waals surface area contributed by atoms with Crippen molar-refractivity contribution in [3.63, 3.8) is 0 Å². The molecule has 1 aromatic rings. The van der Waals surface area contributed by atoms with E-state index in [1.54, 1.807) is 25.2 Å². The van der Waals surface area contributed by atoms with Crippen LogP contribution in [0.4, 0.5) is 0 Å². The Balaban J connectivity index is 1.49. The molecule has 0 spiro atoms. The second-order valence-electron chi connectivity index (χ2n) is 19.6. The third-order valence-corrected chi connectivity index (χ3v) is 14.6. The molecular weight excluding hydrogens is 931 g/mol. The van der Waals surface area contributed by atoms with Crippen molar-refractivity contribution in [2.45, 2.75) is 171 Å². The van der Waals surface area contributed by atoms with Crippen LogP contribution < -0.4 is 0 Å². The van der Waals surface area contributed by atoms with Gasteiger partial charge in [-0.2, -0.15) is 0 Å². The van der Waals surface area contributed by atoms with Crippen molar-refractivity contribution in [1.82, 2.24) is 25.1 Å². The lowest BCUT2D eigenvalue weighted by Gasteiger charge is -2.46. The van der Waals surface area contributed by atoms with Crippen LogP contribution in [0.5, 0.6) is 0 Å². The van der Waals surface area contributed by atoms with E-state index in [-0.39, 0.29) is 63.0 Å². The summed E-state index contributed by atoms with van der Waals surface area (Å²) in [5.41, 5.74) is 0.741. The van der Waals surface area contributed by atoms with E-state index in [0.717, 1.165) is 4.90 Å². The summed E-state index contributed by atoms with van der Waals surface area (Å²) in [6, 6.07) is -1.81. The van der Waals surface area contributed by atoms with Crippen molar-refractivity contribution < 1.29 is 83.7 Å². The van der Waals surface area contributed by atoms with Crippen molar-refractivity contribution in [2.24, 2.45) is 23.7 Å². The van der Waals surface area contributed by atoms with Gasteiger partial charge in [-0.25, -0.2) is 14.4 Å². The average Bonchev–Trinajstić information content (AvgIpc) is 3.90. The number of aliphatic hydroxyl groups excluding tert-OH is 4. The first-order valence-electron chi connectivity index (χ1n) is 24.4. The predicted molar refractivity (Wildman–Crippen MR) is 249 cm³/mol. The van der Waals surface area contributed by atoms with Gasteiger partial charge < -0.3 is 54.5 Å². The summed E-state index contributed by atoms with van der Waals surface area (Å²) in [5.74, 6) is -13.4. The molecule has 2 saturated heterocycles. The SMILES string of the molecule is COC1C(=O)[C@H](CO)C[C@H](O)/C=C/C=C/C=C(\C)[C@@H](OC)C[C@]2(O)CC[C@@H](C)[C@@](O)(O2)C(=O)C(=O)N2CCCCC2C(=O)O[C@H]([C@H](O)C[C@@H]2CCC(n3cnnn3)[C@H](OO)C2)CC(=O)[C@H](C)/C=C(\C)[C@H]1O. The van der Waals surface area contributed by atoms with E-state index < -0.39 is 126 Å². The first kappa shape index (κ1) is 57.4. The highest BCUT2D eigenvalue weighted by molar-refractivity contribution is 6.39. The van der Waals surface area contributed by atoms with E-state index in [2.05, 4.69) is 15.5 Å². The Morgan fingerprint density at radius 1 is 0.944 bits per heavy atom. The van der Waals surface area contributed by atoms with Gasteiger partial charge >= 0.3 is 5.97 Å². The van der Waals surface area contributed by atoms with E-state index in [1.807, 2.05) is 0 Å². The van der Waals surface area contributed by atoms with E-state index in [9.17, 15) is 59.9 Å². The molecule has 71 heavy (non-hydrogen) atoms. The molecule has 1 saturated carbocycles. The van der Waals surface area contributed by atoms with Crippen LogP contribution in [0.15, 0.2) is 53.9 Å². The van der Waals surface area contributed by atoms with Gasteiger partial charge in [0.2, 0.25) is 5.79 Å². The van der Waals surface area contributed by atoms with Crippen LogP contribution in [-0.4, -0.2) is 178 Å². The summed E-state index contributed by atoms with van der Waals surface area (Å²) >= 11 is 0. The van der Waals surface area contributed by atoms with Gasteiger partial charge in [-0.3, -0.25) is 24.4 Å². The molecule has 0 aromatic carbocycles. The monoisotopic (exact) mass is 1000 g/mol. The fraction of sp³-hybridized carbons (Fsp3) is 0.714. The summed E-state index contributed by atoms with van der Waals surface area (Å²) < 4.78 is 24.4. The Hall–Kier alpha value is -4.46. The topological polar surface area (TPSA) is 320 Å². The number of piperidine rings is 1. The molecule has 22 heteroatoms. The lowest BCUT2D eigenvalue weighted by molar-refractivity contribution is -0.360. The zero-order valence-electron chi connectivity index (χ0n) is 41.4. The number of Topliss-reactive ketones (excluding diaryl/α,β-unsaturated/α-hetero) is 3. The zero-order chi connectivity index (χ0) is 52.2. The summed E-state index contributed by atoms with van der Waals surface area (Å²) in [6.07, 6.45) is 2.59. The molecule has 5 rings (SSSR count). The largest absolute Gasteiger partial charge is 0.458 e. The van der Waals surface area contributed by atoms with Gasteiger partial charge in [0, 0.05) is 57.8 Å². The fourth-order valence-electron chi connectivity index (χ4n) is 10.1. The first-order valence-corrected chi connectivity index (χ1v) is 24.4. The number of rotatable bonds is 8. The van der Waals surface area contributed by atoms with Crippen molar-refractivity contribution in [3.05, 3.63) is 53.9 Å². The normalized spacial score (nSPS) is 39.1. The summed E-state index contributed by atoms with van der Waals surface area (Å²) in [4.78, 5) is 76.4. The van der Waals surface area contributed by atoms with Gasteiger partial charge in [0.15, 0.2) is 11.6 Å². The number of tetrazole rings is 1. The van der Waals surface area contributed by atoms with Crippen LogP contribution in [0.2, 0.25) is 0 Å². The number of ketones is 3. The van der Waals surface area contributed by atoms with Crippen LogP contribution in [0, 0.1) is 23.7 Å². The number of aliphatic hydroxyl groups is 6. The van der Waals surface area contributed by atoms with Crippen LogP contribution in [0.3, 0.4) is 0 Å². The minimum absolute atomic E-state index is 0.0289. The Labute approximate surface area is 413 Å². The van der Waals surface area contributed by atoms with E-state index in [4.69, 9.17) is 23.8 Å². The number of methoxy groups -OCH3 is 2. The molecule has 2 bridgehead atoms. The average molecular weight is 1000 g/mol. The molecule has 1 amide bonds. The van der Waals surface area contributed by atoms with Crippen molar-refractivity contribution >= 4 is 29.2 Å². The van der Waals surface area contributed by atoms with Gasteiger partial charge in [0.05, 0.1) is 31.0 Å². The third-order valence-electron chi connectivity index (χ3n) is 14.6. The van der Waals surface area contributed by atoms with Crippen LogP contribution in [-0.2, 0) is 47.8 Å².